The van der Waals surface area contributed by atoms with E-state index in [1.54, 1.807) is 0 Å². The zero-order valence-electron chi connectivity index (χ0n) is 13.4. The third-order valence-electron chi connectivity index (χ3n) is 5.13. The summed E-state index contributed by atoms with van der Waals surface area (Å²) in [6.45, 7) is 4.26. The molecule has 1 aliphatic heterocycles. The second-order valence-corrected chi connectivity index (χ2v) is 6.83. The summed E-state index contributed by atoms with van der Waals surface area (Å²) in [7, 11) is 0. The van der Waals surface area contributed by atoms with Gasteiger partial charge in [-0.15, -0.1) is 0 Å². The molecule has 22 heavy (non-hydrogen) atoms. The molecule has 1 aromatic rings. The number of aryl methyl sites for hydroxylation is 1. The maximum Gasteiger partial charge on any atom is 0.292 e. The van der Waals surface area contributed by atoms with Gasteiger partial charge in [-0.2, -0.15) is 0 Å². The van der Waals surface area contributed by atoms with Gasteiger partial charge in [-0.25, -0.2) is 4.90 Å². The van der Waals surface area contributed by atoms with E-state index in [9.17, 15) is 9.59 Å². The number of amides is 2. The molecule has 1 heterocycles. The van der Waals surface area contributed by atoms with Gasteiger partial charge in [0.1, 0.15) is 0 Å². The summed E-state index contributed by atoms with van der Waals surface area (Å²) in [6, 6.07) is 7.84. The first-order valence-electron chi connectivity index (χ1n) is 8.34. The minimum Gasteiger partial charge on any atom is -0.333 e. The molecule has 0 bridgehead atoms. The van der Waals surface area contributed by atoms with Gasteiger partial charge in [-0.1, -0.05) is 31.0 Å². The Balaban J connectivity index is 1.72. The molecule has 4 heteroatoms. The Labute approximate surface area is 131 Å². The number of benzene rings is 1. The fraction of sp³-hybridized carbons (Fsp3) is 0.556. The van der Waals surface area contributed by atoms with Crippen LogP contribution in [0.15, 0.2) is 24.3 Å². The van der Waals surface area contributed by atoms with Crippen molar-refractivity contribution in [2.24, 2.45) is 5.92 Å². The molecule has 2 N–H and O–H groups in total. The average molecular weight is 301 g/mol. The van der Waals surface area contributed by atoms with Crippen LogP contribution < -0.4 is 10.2 Å². The highest BCUT2D eigenvalue weighted by atomic mass is 16.2. The SMILES string of the molecule is Cc1ccc(N2C(=O)C[C@H]([NH2+][C@@H]3CCCC[C@H]3C)C2=O)cc1. The highest BCUT2D eigenvalue weighted by Crippen LogP contribution is 2.24. The van der Waals surface area contributed by atoms with E-state index in [4.69, 9.17) is 0 Å². The van der Waals surface area contributed by atoms with Crippen LogP contribution in [0.1, 0.15) is 44.6 Å². The monoisotopic (exact) mass is 301 g/mol. The van der Waals surface area contributed by atoms with Crippen molar-refractivity contribution in [3.8, 4) is 0 Å². The quantitative estimate of drug-likeness (QED) is 0.865. The third-order valence-corrected chi connectivity index (χ3v) is 5.13. The lowest BCUT2D eigenvalue weighted by Crippen LogP contribution is -2.97. The minimum atomic E-state index is -0.237. The number of nitrogens with two attached hydrogens (primary N) is 1. The van der Waals surface area contributed by atoms with Gasteiger partial charge < -0.3 is 5.32 Å². The molecular weight excluding hydrogens is 276 g/mol. The van der Waals surface area contributed by atoms with E-state index in [1.165, 1.54) is 24.2 Å². The summed E-state index contributed by atoms with van der Waals surface area (Å²) in [5, 5.41) is 2.16. The first kappa shape index (κ1) is 15.2. The van der Waals surface area contributed by atoms with Gasteiger partial charge in [-0.3, -0.25) is 9.59 Å². The van der Waals surface area contributed by atoms with Crippen LogP contribution in [-0.2, 0) is 9.59 Å². The largest absolute Gasteiger partial charge is 0.333 e. The van der Waals surface area contributed by atoms with Crippen LogP contribution in [0.3, 0.4) is 0 Å². The van der Waals surface area contributed by atoms with Crippen LogP contribution in [0.5, 0.6) is 0 Å². The highest BCUT2D eigenvalue weighted by Gasteiger charge is 2.44. The van der Waals surface area contributed by atoms with Gasteiger partial charge in [0.15, 0.2) is 6.04 Å². The minimum absolute atomic E-state index is 0.0494. The smallest absolute Gasteiger partial charge is 0.292 e. The molecule has 0 unspecified atom stereocenters. The Kier molecular flexibility index (Phi) is 4.30. The third kappa shape index (κ3) is 2.93. The molecule has 1 saturated carbocycles. The predicted molar refractivity (Wildman–Crippen MR) is 85.4 cm³/mol. The maximum atomic E-state index is 12.7. The second kappa shape index (κ2) is 6.21. The van der Waals surface area contributed by atoms with Crippen LogP contribution in [0.2, 0.25) is 0 Å². The summed E-state index contributed by atoms with van der Waals surface area (Å²) in [4.78, 5) is 26.3. The molecule has 0 spiro atoms. The van der Waals surface area contributed by atoms with Crippen LogP contribution >= 0.6 is 0 Å². The van der Waals surface area contributed by atoms with Crippen LogP contribution in [-0.4, -0.2) is 23.9 Å². The van der Waals surface area contributed by atoms with E-state index in [1.807, 2.05) is 31.2 Å². The number of anilines is 1. The van der Waals surface area contributed by atoms with Crippen molar-refractivity contribution in [2.45, 2.75) is 58.0 Å². The summed E-state index contributed by atoms with van der Waals surface area (Å²) in [5.74, 6) is 0.510. The van der Waals surface area contributed by atoms with Crippen molar-refractivity contribution in [3.05, 3.63) is 29.8 Å². The number of hydrogen-bond donors (Lipinski definition) is 1. The van der Waals surface area contributed by atoms with Gasteiger partial charge >= 0.3 is 0 Å². The van der Waals surface area contributed by atoms with Crippen LogP contribution in [0.4, 0.5) is 5.69 Å². The van der Waals surface area contributed by atoms with Crippen molar-refractivity contribution in [1.82, 2.24) is 0 Å². The van der Waals surface area contributed by atoms with E-state index in [0.29, 0.717) is 24.1 Å². The lowest BCUT2D eigenvalue weighted by Gasteiger charge is -2.28. The Morgan fingerprint density at radius 3 is 2.45 bits per heavy atom. The molecule has 1 aliphatic carbocycles. The van der Waals surface area contributed by atoms with E-state index in [0.717, 1.165) is 12.0 Å². The molecule has 1 aromatic carbocycles. The molecule has 2 aliphatic rings. The van der Waals surface area contributed by atoms with Gasteiger partial charge in [0.05, 0.1) is 18.2 Å². The first-order chi connectivity index (χ1) is 10.6. The molecule has 0 aromatic heterocycles. The number of hydrogen-bond acceptors (Lipinski definition) is 2. The van der Waals surface area contributed by atoms with E-state index in [-0.39, 0.29) is 17.9 Å². The number of quaternary nitrogens is 1. The molecular formula is C18H25N2O2+. The molecule has 3 atom stereocenters. The normalized spacial score (nSPS) is 29.2. The summed E-state index contributed by atoms with van der Waals surface area (Å²) in [6.07, 6.45) is 5.25. The zero-order chi connectivity index (χ0) is 15.7. The lowest BCUT2D eigenvalue weighted by molar-refractivity contribution is -0.715. The Morgan fingerprint density at radius 2 is 1.77 bits per heavy atom. The Morgan fingerprint density at radius 1 is 1.09 bits per heavy atom. The molecule has 4 nitrogen and oxygen atoms in total. The maximum absolute atomic E-state index is 12.7. The van der Waals surface area contributed by atoms with Crippen molar-refractivity contribution in [1.29, 1.82) is 0 Å². The number of rotatable bonds is 3. The summed E-state index contributed by atoms with van der Waals surface area (Å²) >= 11 is 0. The number of nitrogens with zero attached hydrogens (tertiary/aromatic N) is 1. The van der Waals surface area contributed by atoms with E-state index >= 15 is 0 Å². The van der Waals surface area contributed by atoms with Crippen LogP contribution in [0.25, 0.3) is 0 Å². The number of imide groups is 1. The zero-order valence-corrected chi connectivity index (χ0v) is 13.4. The fourth-order valence-electron chi connectivity index (χ4n) is 3.70. The topological polar surface area (TPSA) is 54.0 Å². The van der Waals surface area contributed by atoms with E-state index < -0.39 is 0 Å². The lowest BCUT2D eigenvalue weighted by atomic mass is 9.85. The number of carbonyl (C=O) groups is 2. The van der Waals surface area contributed by atoms with Gasteiger partial charge in [0, 0.05) is 5.92 Å². The predicted octanol–water partition coefficient (Wildman–Crippen LogP) is 1.77. The first-order valence-corrected chi connectivity index (χ1v) is 8.34. The van der Waals surface area contributed by atoms with E-state index in [2.05, 4.69) is 12.2 Å². The van der Waals surface area contributed by atoms with Crippen molar-refractivity contribution < 1.29 is 14.9 Å². The average Bonchev–Trinajstić information content (AvgIpc) is 2.77. The molecule has 2 amide bonds. The molecule has 1 saturated heterocycles. The summed E-state index contributed by atoms with van der Waals surface area (Å²) < 4.78 is 0. The van der Waals surface area contributed by atoms with Gasteiger partial charge in [0.25, 0.3) is 5.91 Å². The highest BCUT2D eigenvalue weighted by molar-refractivity contribution is 6.21. The molecule has 0 radical (unpaired) electrons. The second-order valence-electron chi connectivity index (χ2n) is 6.83. The van der Waals surface area contributed by atoms with Gasteiger partial charge in [0.2, 0.25) is 5.91 Å². The van der Waals surface area contributed by atoms with Crippen molar-refractivity contribution in [2.75, 3.05) is 4.90 Å². The van der Waals surface area contributed by atoms with Crippen molar-refractivity contribution in [3.63, 3.8) is 0 Å². The summed E-state index contributed by atoms with van der Waals surface area (Å²) in [5.41, 5.74) is 1.83. The Bertz CT molecular complexity index is 567. The molecule has 2 fully saturated rings. The standard InChI is InChI=1S/C18H24N2O2/c1-12-7-9-14(10-8-12)20-17(21)11-16(18(20)22)19-15-6-4-3-5-13(15)2/h7-10,13,15-16,19H,3-6,11H2,1-2H3/p+1/t13-,15-,16+/m1/s1. The van der Waals surface area contributed by atoms with Gasteiger partial charge in [-0.05, 0) is 38.3 Å². The van der Waals surface area contributed by atoms with Crippen molar-refractivity contribution >= 4 is 17.5 Å². The number of carbonyl (C=O) groups excluding carboxylic acids is 2. The molecule has 118 valence electrons. The van der Waals surface area contributed by atoms with Crippen LogP contribution in [0, 0.1) is 12.8 Å². The molecule has 3 rings (SSSR count). The Hall–Kier alpha value is -1.68. The fourth-order valence-corrected chi connectivity index (χ4v) is 3.70.